The lowest BCUT2D eigenvalue weighted by Gasteiger charge is -2.09. The maximum atomic E-state index is 11.3. The highest BCUT2D eigenvalue weighted by molar-refractivity contribution is 6.34. The van der Waals surface area contributed by atoms with E-state index in [1.807, 2.05) is 0 Å². The van der Waals surface area contributed by atoms with Crippen molar-refractivity contribution < 1.29 is 9.90 Å². The molecule has 0 aliphatic heterocycles. The van der Waals surface area contributed by atoms with Gasteiger partial charge in [-0.25, -0.2) is 9.78 Å². The first-order chi connectivity index (χ1) is 9.13. The molecule has 2 rings (SSSR count). The van der Waals surface area contributed by atoms with Crippen molar-refractivity contribution in [1.82, 2.24) is 15.2 Å². The van der Waals surface area contributed by atoms with Crippen LogP contribution in [-0.4, -0.2) is 32.8 Å². The monoisotopic (exact) mass is 280 g/mol. The van der Waals surface area contributed by atoms with E-state index in [9.17, 15) is 9.90 Å². The van der Waals surface area contributed by atoms with Gasteiger partial charge in [-0.05, 0) is 12.5 Å². The highest BCUT2D eigenvalue weighted by Gasteiger charge is 2.15. The van der Waals surface area contributed by atoms with Gasteiger partial charge in [0.2, 0.25) is 0 Å². The SMILES string of the molecule is CCCCNc1nc2cnnc(Cl)c2cc1C(=O)O. The molecule has 0 aliphatic carbocycles. The molecule has 0 bridgehead atoms. The van der Waals surface area contributed by atoms with Crippen LogP contribution in [0.25, 0.3) is 10.9 Å². The van der Waals surface area contributed by atoms with Crippen molar-refractivity contribution in [2.45, 2.75) is 19.8 Å². The van der Waals surface area contributed by atoms with Crippen LogP contribution < -0.4 is 5.32 Å². The van der Waals surface area contributed by atoms with Gasteiger partial charge in [0.05, 0.1) is 11.7 Å². The Labute approximate surface area is 114 Å². The number of halogens is 1. The van der Waals surface area contributed by atoms with Crippen molar-refractivity contribution in [1.29, 1.82) is 0 Å². The number of aromatic carboxylic acids is 1. The van der Waals surface area contributed by atoms with E-state index in [-0.39, 0.29) is 10.7 Å². The average Bonchev–Trinajstić information content (AvgIpc) is 2.38. The third-order valence-corrected chi connectivity index (χ3v) is 2.93. The van der Waals surface area contributed by atoms with E-state index >= 15 is 0 Å². The van der Waals surface area contributed by atoms with Crippen LogP contribution in [0.3, 0.4) is 0 Å². The normalized spacial score (nSPS) is 10.6. The van der Waals surface area contributed by atoms with Gasteiger partial charge in [-0.15, -0.1) is 5.10 Å². The van der Waals surface area contributed by atoms with Crippen molar-refractivity contribution in [3.05, 3.63) is 23.0 Å². The number of nitrogens with one attached hydrogen (secondary N) is 1. The van der Waals surface area contributed by atoms with Crippen LogP contribution in [0, 0.1) is 0 Å². The zero-order valence-corrected chi connectivity index (χ0v) is 11.1. The van der Waals surface area contributed by atoms with E-state index in [0.717, 1.165) is 12.8 Å². The summed E-state index contributed by atoms with van der Waals surface area (Å²) in [6.07, 6.45) is 3.41. The second kappa shape index (κ2) is 5.79. The fourth-order valence-electron chi connectivity index (χ4n) is 1.66. The van der Waals surface area contributed by atoms with Gasteiger partial charge in [-0.2, -0.15) is 5.10 Å². The molecule has 0 saturated carbocycles. The minimum Gasteiger partial charge on any atom is -0.478 e. The maximum Gasteiger partial charge on any atom is 0.339 e. The summed E-state index contributed by atoms with van der Waals surface area (Å²) in [5, 5.41) is 20.2. The number of aromatic nitrogens is 3. The van der Waals surface area contributed by atoms with Gasteiger partial charge >= 0.3 is 5.97 Å². The summed E-state index contributed by atoms with van der Waals surface area (Å²) in [6, 6.07) is 1.47. The smallest absolute Gasteiger partial charge is 0.339 e. The summed E-state index contributed by atoms with van der Waals surface area (Å²) in [5.41, 5.74) is 0.600. The summed E-state index contributed by atoms with van der Waals surface area (Å²) in [6.45, 7) is 2.73. The Balaban J connectivity index is 2.48. The molecule has 2 N–H and O–H groups in total. The van der Waals surface area contributed by atoms with Crippen molar-refractivity contribution in [3.8, 4) is 0 Å². The number of nitrogens with zero attached hydrogens (tertiary/aromatic N) is 3. The molecular formula is C12H13ClN4O2. The number of anilines is 1. The minimum absolute atomic E-state index is 0.0819. The summed E-state index contributed by atoms with van der Waals surface area (Å²) >= 11 is 5.89. The topological polar surface area (TPSA) is 88.0 Å². The number of rotatable bonds is 5. The molecule has 6 nitrogen and oxygen atoms in total. The molecular weight excluding hydrogens is 268 g/mol. The number of pyridine rings is 1. The third kappa shape index (κ3) is 2.90. The maximum absolute atomic E-state index is 11.3. The molecule has 2 aromatic heterocycles. The van der Waals surface area contributed by atoms with E-state index < -0.39 is 5.97 Å². The van der Waals surface area contributed by atoms with Crippen molar-refractivity contribution in [2.24, 2.45) is 0 Å². The van der Waals surface area contributed by atoms with E-state index in [1.54, 1.807) is 0 Å². The zero-order chi connectivity index (χ0) is 13.8. The lowest BCUT2D eigenvalue weighted by molar-refractivity contribution is 0.0698. The summed E-state index contributed by atoms with van der Waals surface area (Å²) in [5.74, 6) is -0.723. The van der Waals surface area contributed by atoms with Crippen molar-refractivity contribution >= 4 is 34.3 Å². The molecule has 2 aromatic rings. The highest BCUT2D eigenvalue weighted by atomic mass is 35.5. The Morgan fingerprint density at radius 3 is 3.00 bits per heavy atom. The Morgan fingerprint density at radius 2 is 2.32 bits per heavy atom. The van der Waals surface area contributed by atoms with Gasteiger partial charge in [0.25, 0.3) is 0 Å². The fourth-order valence-corrected chi connectivity index (χ4v) is 1.86. The Bertz CT molecular complexity index is 618. The number of fused-ring (bicyclic) bond motifs is 1. The fraction of sp³-hybridized carbons (Fsp3) is 0.333. The molecule has 0 aliphatic rings. The quantitative estimate of drug-likeness (QED) is 0.819. The average molecular weight is 281 g/mol. The molecule has 0 aromatic carbocycles. The summed E-state index contributed by atoms with van der Waals surface area (Å²) in [4.78, 5) is 15.5. The minimum atomic E-state index is -1.05. The molecule has 0 amide bonds. The molecule has 0 saturated heterocycles. The number of hydrogen-bond donors (Lipinski definition) is 2. The standard InChI is InChI=1S/C12H13ClN4O2/c1-2-3-4-14-11-8(12(18)19)5-7-9(16-11)6-15-17-10(7)13/h5-6H,2-4H2,1H3,(H,14,16)(H,18,19). The molecule has 0 fully saturated rings. The molecule has 0 unspecified atom stereocenters. The summed E-state index contributed by atoms with van der Waals surface area (Å²) < 4.78 is 0. The van der Waals surface area contributed by atoms with Crippen LogP contribution in [0.1, 0.15) is 30.1 Å². The van der Waals surface area contributed by atoms with Crippen LogP contribution in [-0.2, 0) is 0 Å². The van der Waals surface area contributed by atoms with E-state index in [2.05, 4.69) is 27.4 Å². The number of carboxylic acids is 1. The molecule has 0 radical (unpaired) electrons. The van der Waals surface area contributed by atoms with Crippen LogP contribution in [0.15, 0.2) is 12.3 Å². The number of unbranched alkanes of at least 4 members (excludes halogenated alkanes) is 1. The second-order valence-electron chi connectivity index (χ2n) is 4.04. The van der Waals surface area contributed by atoms with Crippen molar-refractivity contribution in [2.75, 3.05) is 11.9 Å². The first-order valence-electron chi connectivity index (χ1n) is 5.92. The van der Waals surface area contributed by atoms with E-state index in [4.69, 9.17) is 11.6 Å². The summed E-state index contributed by atoms with van der Waals surface area (Å²) in [7, 11) is 0. The zero-order valence-electron chi connectivity index (χ0n) is 10.4. The van der Waals surface area contributed by atoms with E-state index in [0.29, 0.717) is 23.3 Å². The lowest BCUT2D eigenvalue weighted by Crippen LogP contribution is -2.10. The molecule has 7 heteroatoms. The number of carboxylic acid groups (broad SMARTS) is 1. The van der Waals surface area contributed by atoms with Crippen LogP contribution in [0.5, 0.6) is 0 Å². The van der Waals surface area contributed by atoms with Crippen LogP contribution >= 0.6 is 11.6 Å². The van der Waals surface area contributed by atoms with Crippen LogP contribution in [0.2, 0.25) is 5.15 Å². The molecule has 100 valence electrons. The first-order valence-corrected chi connectivity index (χ1v) is 6.30. The largest absolute Gasteiger partial charge is 0.478 e. The molecule has 0 spiro atoms. The Hall–Kier alpha value is -1.95. The van der Waals surface area contributed by atoms with Crippen molar-refractivity contribution in [3.63, 3.8) is 0 Å². The third-order valence-electron chi connectivity index (χ3n) is 2.65. The van der Waals surface area contributed by atoms with Gasteiger partial charge in [-0.3, -0.25) is 0 Å². The molecule has 19 heavy (non-hydrogen) atoms. The Morgan fingerprint density at radius 1 is 1.53 bits per heavy atom. The van der Waals surface area contributed by atoms with Gasteiger partial charge in [-0.1, -0.05) is 24.9 Å². The van der Waals surface area contributed by atoms with E-state index in [1.165, 1.54) is 12.3 Å². The molecule has 0 atom stereocenters. The Kier molecular flexibility index (Phi) is 4.11. The number of carbonyl (C=O) groups is 1. The lowest BCUT2D eigenvalue weighted by atomic mass is 10.2. The van der Waals surface area contributed by atoms with Gasteiger partial charge < -0.3 is 10.4 Å². The van der Waals surface area contributed by atoms with Gasteiger partial charge in [0, 0.05) is 11.9 Å². The van der Waals surface area contributed by atoms with Gasteiger partial charge in [0.1, 0.15) is 11.4 Å². The van der Waals surface area contributed by atoms with Gasteiger partial charge in [0.15, 0.2) is 5.15 Å². The predicted molar refractivity (Wildman–Crippen MR) is 72.7 cm³/mol. The second-order valence-corrected chi connectivity index (χ2v) is 4.40. The first kappa shape index (κ1) is 13.5. The molecule has 2 heterocycles. The predicted octanol–water partition coefficient (Wildman–Crippen LogP) is 2.59. The number of hydrogen-bond acceptors (Lipinski definition) is 5. The highest BCUT2D eigenvalue weighted by Crippen LogP contribution is 2.24. The van der Waals surface area contributed by atoms with Crippen LogP contribution in [0.4, 0.5) is 5.82 Å².